The van der Waals surface area contributed by atoms with E-state index in [9.17, 15) is 0 Å². The van der Waals surface area contributed by atoms with Gasteiger partial charge in [-0.1, -0.05) is 24.3 Å². The van der Waals surface area contributed by atoms with Crippen molar-refractivity contribution in [3.8, 4) is 0 Å². The van der Waals surface area contributed by atoms with E-state index in [-0.39, 0.29) is 0 Å². The lowest BCUT2D eigenvalue weighted by molar-refractivity contribution is 0.343. The van der Waals surface area contributed by atoms with Gasteiger partial charge in [0.1, 0.15) is 0 Å². The van der Waals surface area contributed by atoms with Crippen molar-refractivity contribution < 1.29 is 0 Å². The van der Waals surface area contributed by atoms with Crippen LogP contribution in [0.25, 0.3) is 10.9 Å². The van der Waals surface area contributed by atoms with Crippen molar-refractivity contribution in [2.75, 3.05) is 20.1 Å². The zero-order valence-corrected chi connectivity index (χ0v) is 12.2. The van der Waals surface area contributed by atoms with Crippen LogP contribution >= 0.6 is 0 Å². The third-order valence-electron chi connectivity index (χ3n) is 4.25. The number of fused-ring (bicyclic) bond motifs is 1. The highest BCUT2D eigenvalue weighted by molar-refractivity contribution is 5.81. The van der Waals surface area contributed by atoms with E-state index in [0.717, 1.165) is 12.1 Å². The fourth-order valence-electron chi connectivity index (χ4n) is 3.01. The zero-order valence-electron chi connectivity index (χ0n) is 12.2. The second kappa shape index (κ2) is 6.33. The van der Waals surface area contributed by atoms with Gasteiger partial charge in [-0.05, 0) is 51.0 Å². The number of nitrogens with zero attached hydrogens (tertiary/aromatic N) is 2. The Morgan fingerprint density at radius 1 is 1.20 bits per heavy atom. The SMILES string of the molecule is CN1CCCC(NCc2cccc3cccnc23)CC1. The molecule has 3 heteroatoms. The second-order valence-electron chi connectivity index (χ2n) is 5.80. The van der Waals surface area contributed by atoms with Gasteiger partial charge < -0.3 is 10.2 Å². The summed E-state index contributed by atoms with van der Waals surface area (Å²) in [5.74, 6) is 0. The number of nitrogens with one attached hydrogen (secondary N) is 1. The molecule has 1 aliphatic heterocycles. The largest absolute Gasteiger partial charge is 0.310 e. The predicted molar refractivity (Wildman–Crippen MR) is 83.7 cm³/mol. The number of aromatic nitrogens is 1. The second-order valence-corrected chi connectivity index (χ2v) is 5.80. The first-order chi connectivity index (χ1) is 9.83. The minimum absolute atomic E-state index is 0.638. The topological polar surface area (TPSA) is 28.2 Å². The van der Waals surface area contributed by atoms with Crippen LogP contribution in [0.5, 0.6) is 0 Å². The Kier molecular flexibility index (Phi) is 4.28. The minimum Gasteiger partial charge on any atom is -0.310 e. The molecule has 2 heterocycles. The lowest BCUT2D eigenvalue weighted by atomic mass is 10.1. The Morgan fingerprint density at radius 2 is 2.10 bits per heavy atom. The highest BCUT2D eigenvalue weighted by atomic mass is 15.1. The van der Waals surface area contributed by atoms with Crippen molar-refractivity contribution in [3.63, 3.8) is 0 Å². The van der Waals surface area contributed by atoms with Gasteiger partial charge in [0, 0.05) is 24.2 Å². The molecule has 1 unspecified atom stereocenters. The molecule has 0 spiro atoms. The van der Waals surface area contributed by atoms with Crippen molar-refractivity contribution in [2.24, 2.45) is 0 Å². The maximum absolute atomic E-state index is 4.53. The quantitative estimate of drug-likeness (QED) is 0.928. The molecule has 0 saturated carbocycles. The normalized spacial score (nSPS) is 20.9. The first kappa shape index (κ1) is 13.5. The fourth-order valence-corrected chi connectivity index (χ4v) is 3.01. The van der Waals surface area contributed by atoms with Crippen LogP contribution in [0.1, 0.15) is 24.8 Å². The minimum atomic E-state index is 0.638. The van der Waals surface area contributed by atoms with Crippen molar-refractivity contribution in [1.82, 2.24) is 15.2 Å². The zero-order chi connectivity index (χ0) is 13.8. The van der Waals surface area contributed by atoms with Crippen LogP contribution in [0.2, 0.25) is 0 Å². The van der Waals surface area contributed by atoms with Crippen molar-refractivity contribution in [3.05, 3.63) is 42.1 Å². The average Bonchev–Trinajstić information content (AvgIpc) is 2.70. The number of hydrogen-bond acceptors (Lipinski definition) is 3. The van der Waals surface area contributed by atoms with Crippen LogP contribution in [-0.2, 0) is 6.54 Å². The number of rotatable bonds is 3. The van der Waals surface area contributed by atoms with Crippen LogP contribution in [0.4, 0.5) is 0 Å². The summed E-state index contributed by atoms with van der Waals surface area (Å²) in [6, 6.07) is 11.2. The summed E-state index contributed by atoms with van der Waals surface area (Å²) in [6.45, 7) is 3.35. The summed E-state index contributed by atoms with van der Waals surface area (Å²) >= 11 is 0. The standard InChI is InChI=1S/C17H23N3/c1-20-11-4-8-16(9-12-20)19-13-15-6-2-5-14-7-3-10-18-17(14)15/h2-3,5-7,10,16,19H,4,8-9,11-13H2,1H3. The van der Waals surface area contributed by atoms with Gasteiger partial charge in [-0.15, -0.1) is 0 Å². The summed E-state index contributed by atoms with van der Waals surface area (Å²) in [7, 11) is 2.22. The monoisotopic (exact) mass is 269 g/mol. The molecular formula is C17H23N3. The van der Waals surface area contributed by atoms with Gasteiger partial charge in [0.25, 0.3) is 0 Å². The molecule has 1 aromatic heterocycles. The first-order valence-electron chi connectivity index (χ1n) is 7.57. The Balaban J connectivity index is 1.67. The molecule has 1 saturated heterocycles. The van der Waals surface area contributed by atoms with E-state index in [1.165, 1.54) is 43.3 Å². The molecule has 1 atom stereocenters. The third kappa shape index (κ3) is 3.17. The fraction of sp³-hybridized carbons (Fsp3) is 0.471. The molecule has 0 amide bonds. The predicted octanol–water partition coefficient (Wildman–Crippen LogP) is 2.81. The Labute approximate surface area is 121 Å². The number of hydrogen-bond donors (Lipinski definition) is 1. The summed E-state index contributed by atoms with van der Waals surface area (Å²) in [6.07, 6.45) is 5.70. The Bertz CT molecular complexity index is 562. The van der Waals surface area contributed by atoms with Crippen LogP contribution in [0, 0.1) is 0 Å². The summed E-state index contributed by atoms with van der Waals surface area (Å²) in [5, 5.41) is 4.95. The van der Waals surface area contributed by atoms with Crippen LogP contribution in [0.3, 0.4) is 0 Å². The molecule has 3 nitrogen and oxygen atoms in total. The molecule has 1 N–H and O–H groups in total. The number of benzene rings is 1. The molecule has 0 radical (unpaired) electrons. The summed E-state index contributed by atoms with van der Waals surface area (Å²) < 4.78 is 0. The number of pyridine rings is 1. The smallest absolute Gasteiger partial charge is 0.0746 e. The van der Waals surface area contributed by atoms with Crippen LogP contribution in [0.15, 0.2) is 36.5 Å². The summed E-state index contributed by atoms with van der Waals surface area (Å²) in [5.41, 5.74) is 2.44. The highest BCUT2D eigenvalue weighted by Crippen LogP contribution is 2.17. The van der Waals surface area contributed by atoms with E-state index in [2.05, 4.69) is 46.5 Å². The van der Waals surface area contributed by atoms with Crippen LogP contribution < -0.4 is 5.32 Å². The molecular weight excluding hydrogens is 246 g/mol. The molecule has 1 fully saturated rings. The maximum Gasteiger partial charge on any atom is 0.0746 e. The van der Waals surface area contributed by atoms with Crippen molar-refractivity contribution in [2.45, 2.75) is 31.8 Å². The molecule has 3 rings (SSSR count). The number of para-hydroxylation sites is 1. The first-order valence-corrected chi connectivity index (χ1v) is 7.57. The van der Waals surface area contributed by atoms with Gasteiger partial charge in [-0.2, -0.15) is 0 Å². The average molecular weight is 269 g/mol. The van der Waals surface area contributed by atoms with Crippen LogP contribution in [-0.4, -0.2) is 36.1 Å². The highest BCUT2D eigenvalue weighted by Gasteiger charge is 2.14. The van der Waals surface area contributed by atoms with Gasteiger partial charge in [0.15, 0.2) is 0 Å². The van der Waals surface area contributed by atoms with Gasteiger partial charge in [-0.3, -0.25) is 4.98 Å². The summed E-state index contributed by atoms with van der Waals surface area (Å²) in [4.78, 5) is 6.96. The Hall–Kier alpha value is -1.45. The van der Waals surface area contributed by atoms with Gasteiger partial charge in [0.05, 0.1) is 5.52 Å². The molecule has 1 aromatic carbocycles. The molecule has 1 aliphatic rings. The van der Waals surface area contributed by atoms with Gasteiger partial charge >= 0.3 is 0 Å². The van der Waals surface area contributed by atoms with E-state index < -0.39 is 0 Å². The van der Waals surface area contributed by atoms with E-state index in [4.69, 9.17) is 0 Å². The molecule has 2 aromatic rings. The van der Waals surface area contributed by atoms with Crippen molar-refractivity contribution in [1.29, 1.82) is 0 Å². The lowest BCUT2D eigenvalue weighted by Gasteiger charge is -2.17. The van der Waals surface area contributed by atoms with Gasteiger partial charge in [-0.25, -0.2) is 0 Å². The maximum atomic E-state index is 4.53. The molecule has 0 bridgehead atoms. The number of likely N-dealkylation sites (tertiary alicyclic amines) is 1. The van der Waals surface area contributed by atoms with Gasteiger partial charge in [0.2, 0.25) is 0 Å². The molecule has 106 valence electrons. The van der Waals surface area contributed by atoms with E-state index >= 15 is 0 Å². The molecule has 0 aliphatic carbocycles. The van der Waals surface area contributed by atoms with E-state index in [0.29, 0.717) is 6.04 Å². The Morgan fingerprint density at radius 3 is 3.05 bits per heavy atom. The van der Waals surface area contributed by atoms with Crippen molar-refractivity contribution >= 4 is 10.9 Å². The van der Waals surface area contributed by atoms with E-state index in [1.807, 2.05) is 12.3 Å². The third-order valence-corrected chi connectivity index (χ3v) is 4.25. The lowest BCUT2D eigenvalue weighted by Crippen LogP contribution is -2.29. The molecule has 20 heavy (non-hydrogen) atoms. The van der Waals surface area contributed by atoms with E-state index in [1.54, 1.807) is 0 Å².